The van der Waals surface area contributed by atoms with E-state index in [2.05, 4.69) is 40.0 Å². The normalized spacial score (nSPS) is 18.9. The molecule has 0 saturated carbocycles. The molecule has 1 saturated heterocycles. The molecule has 1 atom stereocenters. The second-order valence-electron chi connectivity index (χ2n) is 4.97. The van der Waals surface area contributed by atoms with Gasteiger partial charge in [0.25, 0.3) is 0 Å². The lowest BCUT2D eigenvalue weighted by Gasteiger charge is -2.14. The summed E-state index contributed by atoms with van der Waals surface area (Å²) in [6.45, 7) is 7.55. The van der Waals surface area contributed by atoms with Gasteiger partial charge in [0, 0.05) is 6.04 Å². The minimum absolute atomic E-state index is 0.573. The van der Waals surface area contributed by atoms with Gasteiger partial charge in [-0.05, 0) is 65.9 Å². The lowest BCUT2D eigenvalue weighted by atomic mass is 10.0. The number of benzene rings is 1. The van der Waals surface area contributed by atoms with E-state index in [0.717, 1.165) is 28.8 Å². The summed E-state index contributed by atoms with van der Waals surface area (Å²) < 4.78 is 6.82. The fraction of sp³-hybridized carbons (Fsp3) is 0.467. The number of rotatable bonds is 5. The number of hydrogen-bond donors (Lipinski definition) is 1. The minimum atomic E-state index is 0.573. The van der Waals surface area contributed by atoms with Crippen LogP contribution in [0.15, 0.2) is 34.8 Å². The maximum atomic E-state index is 5.74. The van der Waals surface area contributed by atoms with Gasteiger partial charge in [-0.25, -0.2) is 0 Å². The van der Waals surface area contributed by atoms with Crippen LogP contribution in [0.3, 0.4) is 0 Å². The van der Waals surface area contributed by atoms with E-state index < -0.39 is 0 Å². The van der Waals surface area contributed by atoms with E-state index in [4.69, 9.17) is 4.74 Å². The highest BCUT2D eigenvalue weighted by atomic mass is 79.9. The Labute approximate surface area is 118 Å². The molecule has 0 spiro atoms. The molecule has 2 nitrogen and oxygen atoms in total. The highest BCUT2D eigenvalue weighted by Crippen LogP contribution is 2.30. The fourth-order valence-electron chi connectivity index (χ4n) is 2.22. The second-order valence-corrected chi connectivity index (χ2v) is 5.77. The molecular formula is C15H20BrNO. The Kier molecular flexibility index (Phi) is 4.84. The van der Waals surface area contributed by atoms with Crippen molar-refractivity contribution in [2.75, 3.05) is 13.2 Å². The first-order valence-corrected chi connectivity index (χ1v) is 7.24. The van der Waals surface area contributed by atoms with Crippen LogP contribution < -0.4 is 10.1 Å². The molecule has 0 amide bonds. The quantitative estimate of drug-likeness (QED) is 0.837. The van der Waals surface area contributed by atoms with Crippen molar-refractivity contribution in [3.8, 4) is 5.75 Å². The molecule has 1 unspecified atom stereocenters. The predicted octanol–water partition coefficient (Wildman–Crippen LogP) is 3.70. The molecule has 3 heteroatoms. The van der Waals surface area contributed by atoms with Crippen molar-refractivity contribution in [3.05, 3.63) is 40.4 Å². The highest BCUT2D eigenvalue weighted by Gasteiger charge is 2.16. The molecule has 1 fully saturated rings. The minimum Gasteiger partial charge on any atom is -0.488 e. The predicted molar refractivity (Wildman–Crippen MR) is 79.2 cm³/mol. The average molecular weight is 310 g/mol. The molecule has 1 heterocycles. The Hall–Kier alpha value is -0.800. The first-order chi connectivity index (χ1) is 8.66. The SMILES string of the molecule is C=C(C)COc1cccc(CC2CCCN2)c1Br. The monoisotopic (exact) mass is 309 g/mol. The zero-order valence-corrected chi connectivity index (χ0v) is 12.4. The summed E-state index contributed by atoms with van der Waals surface area (Å²) in [5.74, 6) is 0.911. The second kappa shape index (κ2) is 6.39. The van der Waals surface area contributed by atoms with Crippen LogP contribution >= 0.6 is 15.9 Å². The molecule has 0 aromatic heterocycles. The van der Waals surface area contributed by atoms with Crippen LogP contribution in [0.1, 0.15) is 25.3 Å². The van der Waals surface area contributed by atoms with Gasteiger partial charge in [0.2, 0.25) is 0 Å². The maximum absolute atomic E-state index is 5.74. The van der Waals surface area contributed by atoms with Gasteiger partial charge in [-0.2, -0.15) is 0 Å². The first-order valence-electron chi connectivity index (χ1n) is 6.45. The lowest BCUT2D eigenvalue weighted by Crippen LogP contribution is -2.23. The summed E-state index contributed by atoms with van der Waals surface area (Å²) >= 11 is 3.66. The third kappa shape index (κ3) is 3.59. The lowest BCUT2D eigenvalue weighted by molar-refractivity contribution is 0.350. The Bertz CT molecular complexity index is 425. The van der Waals surface area contributed by atoms with E-state index in [1.54, 1.807) is 0 Å². The third-order valence-corrected chi connectivity index (χ3v) is 4.05. The van der Waals surface area contributed by atoms with Crippen LogP contribution in [0.25, 0.3) is 0 Å². The highest BCUT2D eigenvalue weighted by molar-refractivity contribution is 9.10. The van der Waals surface area contributed by atoms with Gasteiger partial charge >= 0.3 is 0 Å². The fourth-order valence-corrected chi connectivity index (χ4v) is 2.76. The Balaban J connectivity index is 2.05. The summed E-state index contributed by atoms with van der Waals surface area (Å²) in [6.07, 6.45) is 3.61. The van der Waals surface area contributed by atoms with Gasteiger partial charge in [0.05, 0.1) is 4.47 Å². The van der Waals surface area contributed by atoms with Crippen molar-refractivity contribution >= 4 is 15.9 Å². The molecule has 18 heavy (non-hydrogen) atoms. The van der Waals surface area contributed by atoms with Crippen molar-refractivity contribution < 1.29 is 4.74 Å². The van der Waals surface area contributed by atoms with E-state index in [-0.39, 0.29) is 0 Å². The van der Waals surface area contributed by atoms with Crippen molar-refractivity contribution in [1.82, 2.24) is 5.32 Å². The number of ether oxygens (including phenoxy) is 1. The summed E-state index contributed by atoms with van der Waals surface area (Å²) in [5.41, 5.74) is 2.35. The van der Waals surface area contributed by atoms with Gasteiger partial charge in [0.1, 0.15) is 12.4 Å². The third-order valence-electron chi connectivity index (χ3n) is 3.15. The van der Waals surface area contributed by atoms with Crippen LogP contribution in [-0.4, -0.2) is 19.2 Å². The number of nitrogens with one attached hydrogen (secondary N) is 1. The van der Waals surface area contributed by atoms with Gasteiger partial charge < -0.3 is 10.1 Å². The van der Waals surface area contributed by atoms with Crippen LogP contribution in [0.4, 0.5) is 0 Å². The summed E-state index contributed by atoms with van der Waals surface area (Å²) in [6, 6.07) is 6.83. The smallest absolute Gasteiger partial charge is 0.134 e. The van der Waals surface area contributed by atoms with Crippen LogP contribution in [0.2, 0.25) is 0 Å². The molecule has 98 valence electrons. The van der Waals surface area contributed by atoms with E-state index in [0.29, 0.717) is 12.6 Å². The summed E-state index contributed by atoms with van der Waals surface area (Å²) in [5, 5.41) is 3.53. The standard InChI is InChI=1S/C15H20BrNO/c1-11(2)10-18-14-7-3-5-12(15(14)16)9-13-6-4-8-17-13/h3,5,7,13,17H,1,4,6,8-10H2,2H3. The van der Waals surface area contributed by atoms with Gasteiger partial charge in [-0.3, -0.25) is 0 Å². The zero-order chi connectivity index (χ0) is 13.0. The number of hydrogen-bond acceptors (Lipinski definition) is 2. The van der Waals surface area contributed by atoms with E-state index in [9.17, 15) is 0 Å². The zero-order valence-electron chi connectivity index (χ0n) is 10.8. The molecule has 1 aromatic carbocycles. The molecule has 2 rings (SSSR count). The van der Waals surface area contributed by atoms with Crippen molar-refractivity contribution in [3.63, 3.8) is 0 Å². The molecule has 0 aliphatic carbocycles. The first kappa shape index (κ1) is 13.6. The van der Waals surface area contributed by atoms with E-state index in [1.807, 2.05) is 13.0 Å². The van der Waals surface area contributed by atoms with Crippen molar-refractivity contribution in [2.45, 2.75) is 32.2 Å². The van der Waals surface area contributed by atoms with Gasteiger partial charge in [-0.1, -0.05) is 18.7 Å². The van der Waals surface area contributed by atoms with Crippen LogP contribution in [0, 0.1) is 0 Å². The van der Waals surface area contributed by atoms with E-state index in [1.165, 1.54) is 18.4 Å². The molecular weight excluding hydrogens is 290 g/mol. The van der Waals surface area contributed by atoms with Gasteiger partial charge in [-0.15, -0.1) is 0 Å². The van der Waals surface area contributed by atoms with Crippen LogP contribution in [-0.2, 0) is 6.42 Å². The molecule has 0 bridgehead atoms. The van der Waals surface area contributed by atoms with Crippen molar-refractivity contribution in [1.29, 1.82) is 0 Å². The number of halogens is 1. The van der Waals surface area contributed by atoms with Crippen molar-refractivity contribution in [2.24, 2.45) is 0 Å². The maximum Gasteiger partial charge on any atom is 0.134 e. The van der Waals surface area contributed by atoms with Gasteiger partial charge in [0.15, 0.2) is 0 Å². The van der Waals surface area contributed by atoms with Crippen LogP contribution in [0.5, 0.6) is 5.75 Å². The average Bonchev–Trinajstić information content (AvgIpc) is 2.83. The Morgan fingerprint density at radius 2 is 2.39 bits per heavy atom. The largest absolute Gasteiger partial charge is 0.488 e. The summed E-state index contributed by atoms with van der Waals surface area (Å²) in [7, 11) is 0. The molecule has 1 aliphatic rings. The molecule has 1 aliphatic heterocycles. The topological polar surface area (TPSA) is 21.3 Å². The summed E-state index contributed by atoms with van der Waals surface area (Å²) in [4.78, 5) is 0. The molecule has 0 radical (unpaired) electrons. The Morgan fingerprint density at radius 1 is 1.56 bits per heavy atom. The Morgan fingerprint density at radius 3 is 3.06 bits per heavy atom. The van der Waals surface area contributed by atoms with E-state index >= 15 is 0 Å². The molecule has 1 aromatic rings. The molecule has 1 N–H and O–H groups in total.